The number of rotatable bonds is 5. The zero-order valence-electron chi connectivity index (χ0n) is 16.1. The van der Waals surface area contributed by atoms with Crippen molar-refractivity contribution in [3.05, 3.63) is 83.7 Å². The van der Waals surface area contributed by atoms with Crippen molar-refractivity contribution in [2.45, 2.75) is 13.3 Å². The highest BCUT2D eigenvalue weighted by Gasteiger charge is 2.26. The van der Waals surface area contributed by atoms with Crippen LogP contribution in [0.5, 0.6) is 0 Å². The van der Waals surface area contributed by atoms with E-state index in [1.165, 1.54) is 5.56 Å². The van der Waals surface area contributed by atoms with Crippen LogP contribution in [-0.4, -0.2) is 30.0 Å². The summed E-state index contributed by atoms with van der Waals surface area (Å²) in [6, 6.07) is 18.5. The average molecular weight is 387 g/mol. The maximum atomic E-state index is 13.0. The van der Waals surface area contributed by atoms with E-state index >= 15 is 0 Å². The summed E-state index contributed by atoms with van der Waals surface area (Å²) in [4.78, 5) is 30.8. The molecule has 0 radical (unpaired) electrons. The first-order valence-electron chi connectivity index (χ1n) is 9.56. The van der Waals surface area contributed by atoms with Gasteiger partial charge in [-0.15, -0.1) is 0 Å². The summed E-state index contributed by atoms with van der Waals surface area (Å²) in [6.07, 6.45) is 2.47. The molecule has 29 heavy (non-hydrogen) atoms. The molecule has 0 fully saturated rings. The number of hydrogen-bond donors (Lipinski definition) is 1. The van der Waals surface area contributed by atoms with Crippen molar-refractivity contribution in [1.82, 2.24) is 4.98 Å². The van der Waals surface area contributed by atoms with Gasteiger partial charge in [0.15, 0.2) is 0 Å². The summed E-state index contributed by atoms with van der Waals surface area (Å²) in [5.41, 5.74) is 4.56. The number of aromatic nitrogens is 1. The van der Waals surface area contributed by atoms with Crippen molar-refractivity contribution < 1.29 is 14.3 Å². The van der Waals surface area contributed by atoms with Crippen LogP contribution in [0.3, 0.4) is 0 Å². The van der Waals surface area contributed by atoms with Gasteiger partial charge in [0, 0.05) is 29.8 Å². The Morgan fingerprint density at radius 3 is 2.66 bits per heavy atom. The summed E-state index contributed by atoms with van der Waals surface area (Å²) in [7, 11) is 0. The molecule has 1 N–H and O–H groups in total. The molecule has 0 bridgehead atoms. The summed E-state index contributed by atoms with van der Waals surface area (Å²) in [5, 5.41) is 3.24. The number of para-hydroxylation sites is 1. The second kappa shape index (κ2) is 8.14. The Balaban J connectivity index is 1.49. The van der Waals surface area contributed by atoms with Gasteiger partial charge in [-0.1, -0.05) is 18.2 Å². The SMILES string of the molecule is CCOC(=O)c1ccc(Nc2ccnc(C(=O)N3CCc4ccccc43)c2)cc1. The highest BCUT2D eigenvalue weighted by atomic mass is 16.5. The van der Waals surface area contributed by atoms with E-state index < -0.39 is 0 Å². The number of pyridine rings is 1. The molecule has 1 aromatic heterocycles. The Morgan fingerprint density at radius 1 is 1.07 bits per heavy atom. The first-order valence-corrected chi connectivity index (χ1v) is 9.56. The third kappa shape index (κ3) is 3.96. The van der Waals surface area contributed by atoms with Gasteiger partial charge in [0.2, 0.25) is 0 Å². The number of carbonyl (C=O) groups excluding carboxylic acids is 2. The number of anilines is 3. The van der Waals surface area contributed by atoms with Gasteiger partial charge < -0.3 is 15.0 Å². The van der Waals surface area contributed by atoms with Crippen molar-refractivity contribution >= 4 is 28.9 Å². The van der Waals surface area contributed by atoms with Gasteiger partial charge in [-0.2, -0.15) is 0 Å². The zero-order valence-corrected chi connectivity index (χ0v) is 16.1. The number of esters is 1. The van der Waals surface area contributed by atoms with E-state index in [1.807, 2.05) is 24.3 Å². The molecule has 1 aliphatic heterocycles. The molecular formula is C23H21N3O3. The van der Waals surface area contributed by atoms with Crippen LogP contribution in [0, 0.1) is 0 Å². The summed E-state index contributed by atoms with van der Waals surface area (Å²) in [6.45, 7) is 2.78. The number of nitrogens with one attached hydrogen (secondary N) is 1. The van der Waals surface area contributed by atoms with Crippen LogP contribution in [0.2, 0.25) is 0 Å². The fourth-order valence-electron chi connectivity index (χ4n) is 3.38. The van der Waals surface area contributed by atoms with Gasteiger partial charge in [0.25, 0.3) is 5.91 Å². The van der Waals surface area contributed by atoms with Crippen molar-refractivity contribution in [3.63, 3.8) is 0 Å². The van der Waals surface area contributed by atoms with Crippen LogP contribution < -0.4 is 10.2 Å². The molecule has 6 heteroatoms. The topological polar surface area (TPSA) is 71.5 Å². The minimum Gasteiger partial charge on any atom is -0.462 e. The Hall–Kier alpha value is -3.67. The lowest BCUT2D eigenvalue weighted by molar-refractivity contribution is 0.0526. The second-order valence-electron chi connectivity index (χ2n) is 6.69. The Morgan fingerprint density at radius 2 is 1.86 bits per heavy atom. The molecule has 1 aliphatic rings. The molecule has 146 valence electrons. The van der Waals surface area contributed by atoms with Crippen LogP contribution in [0.4, 0.5) is 17.1 Å². The molecule has 2 heterocycles. The fourth-order valence-corrected chi connectivity index (χ4v) is 3.38. The predicted molar refractivity (Wildman–Crippen MR) is 112 cm³/mol. The lowest BCUT2D eigenvalue weighted by Crippen LogP contribution is -2.29. The quantitative estimate of drug-likeness (QED) is 0.664. The normalized spacial score (nSPS) is 12.4. The number of nitrogens with zero attached hydrogens (tertiary/aromatic N) is 2. The van der Waals surface area contributed by atoms with E-state index in [0.29, 0.717) is 24.4 Å². The lowest BCUT2D eigenvalue weighted by atomic mass is 10.2. The Kier molecular flexibility index (Phi) is 5.24. The molecular weight excluding hydrogens is 366 g/mol. The minimum absolute atomic E-state index is 0.115. The number of fused-ring (bicyclic) bond motifs is 1. The van der Waals surface area contributed by atoms with E-state index in [2.05, 4.69) is 10.3 Å². The standard InChI is InChI=1S/C23H21N3O3/c1-2-29-23(28)17-7-9-18(10-8-17)25-19-11-13-24-20(15-19)22(27)26-14-12-16-5-3-4-6-21(16)26/h3-11,13,15H,2,12,14H2,1H3,(H,24,25). The largest absolute Gasteiger partial charge is 0.462 e. The molecule has 0 atom stereocenters. The summed E-state index contributed by atoms with van der Waals surface area (Å²) >= 11 is 0. The summed E-state index contributed by atoms with van der Waals surface area (Å²) in [5.74, 6) is -0.460. The maximum absolute atomic E-state index is 13.0. The van der Waals surface area contributed by atoms with Gasteiger partial charge in [-0.25, -0.2) is 4.79 Å². The summed E-state index contributed by atoms with van der Waals surface area (Å²) < 4.78 is 4.99. The Labute approximate surface area is 169 Å². The van der Waals surface area contributed by atoms with Gasteiger partial charge in [-0.05, 0) is 61.4 Å². The van der Waals surface area contributed by atoms with E-state index in [9.17, 15) is 9.59 Å². The predicted octanol–water partition coefficient (Wildman–Crippen LogP) is 4.20. The number of hydrogen-bond acceptors (Lipinski definition) is 5. The smallest absolute Gasteiger partial charge is 0.338 e. The molecule has 1 amide bonds. The van der Waals surface area contributed by atoms with Crippen LogP contribution in [0.1, 0.15) is 33.3 Å². The van der Waals surface area contributed by atoms with Crippen molar-refractivity contribution in [1.29, 1.82) is 0 Å². The molecule has 0 aliphatic carbocycles. The van der Waals surface area contributed by atoms with E-state index in [0.717, 1.165) is 23.5 Å². The maximum Gasteiger partial charge on any atom is 0.338 e. The highest BCUT2D eigenvalue weighted by molar-refractivity contribution is 6.06. The highest BCUT2D eigenvalue weighted by Crippen LogP contribution is 2.29. The van der Waals surface area contributed by atoms with E-state index in [-0.39, 0.29) is 11.9 Å². The Bertz CT molecular complexity index is 1050. The zero-order chi connectivity index (χ0) is 20.2. The number of benzene rings is 2. The molecule has 6 nitrogen and oxygen atoms in total. The molecule has 0 saturated carbocycles. The van der Waals surface area contributed by atoms with Crippen LogP contribution in [0.15, 0.2) is 66.9 Å². The number of carbonyl (C=O) groups is 2. The fraction of sp³-hybridized carbons (Fsp3) is 0.174. The van der Waals surface area contributed by atoms with Gasteiger partial charge in [-0.3, -0.25) is 9.78 Å². The second-order valence-corrected chi connectivity index (χ2v) is 6.69. The van der Waals surface area contributed by atoms with Crippen LogP contribution >= 0.6 is 0 Å². The van der Waals surface area contributed by atoms with E-state index in [4.69, 9.17) is 4.74 Å². The molecule has 0 spiro atoms. The molecule has 4 rings (SSSR count). The molecule has 2 aromatic carbocycles. The molecule has 0 saturated heterocycles. The van der Waals surface area contributed by atoms with Crippen molar-refractivity contribution in [2.24, 2.45) is 0 Å². The van der Waals surface area contributed by atoms with Crippen LogP contribution in [-0.2, 0) is 11.2 Å². The number of ether oxygens (including phenoxy) is 1. The van der Waals surface area contributed by atoms with Crippen molar-refractivity contribution in [2.75, 3.05) is 23.4 Å². The van der Waals surface area contributed by atoms with Crippen LogP contribution in [0.25, 0.3) is 0 Å². The molecule has 3 aromatic rings. The first-order chi connectivity index (χ1) is 14.2. The third-order valence-electron chi connectivity index (χ3n) is 4.80. The minimum atomic E-state index is -0.346. The van der Waals surface area contributed by atoms with Gasteiger partial charge in [0.1, 0.15) is 5.69 Å². The lowest BCUT2D eigenvalue weighted by Gasteiger charge is -2.17. The number of amides is 1. The third-order valence-corrected chi connectivity index (χ3v) is 4.80. The van der Waals surface area contributed by atoms with E-state index in [1.54, 1.807) is 54.4 Å². The monoisotopic (exact) mass is 387 g/mol. The van der Waals surface area contributed by atoms with Gasteiger partial charge in [0.05, 0.1) is 12.2 Å². The van der Waals surface area contributed by atoms with Gasteiger partial charge >= 0.3 is 5.97 Å². The average Bonchev–Trinajstić information content (AvgIpc) is 3.18. The molecule has 0 unspecified atom stereocenters. The van der Waals surface area contributed by atoms with Crippen molar-refractivity contribution in [3.8, 4) is 0 Å². The first kappa shape index (κ1) is 18.7.